The van der Waals surface area contributed by atoms with Gasteiger partial charge in [-0.3, -0.25) is 4.98 Å². The molecule has 1 aromatic heterocycles. The summed E-state index contributed by atoms with van der Waals surface area (Å²) in [6.07, 6.45) is 0. The van der Waals surface area contributed by atoms with Gasteiger partial charge in [0.05, 0.1) is 5.52 Å². The SMILES string of the molecule is Cc1ccc(Nc2ccc3[nH]c(=O)oc3c2)cc1. The predicted octanol–water partition coefficient (Wildman–Crippen LogP) is 3.17. The number of H-pyrrole nitrogens is 1. The molecule has 4 nitrogen and oxygen atoms in total. The zero-order chi connectivity index (χ0) is 12.5. The van der Waals surface area contributed by atoms with Crippen LogP contribution in [0, 0.1) is 6.92 Å². The Kier molecular flexibility index (Phi) is 2.41. The number of fused-ring (bicyclic) bond motifs is 1. The highest BCUT2D eigenvalue weighted by Gasteiger charge is 2.02. The third kappa shape index (κ3) is 2.00. The van der Waals surface area contributed by atoms with Gasteiger partial charge >= 0.3 is 5.76 Å². The van der Waals surface area contributed by atoms with Gasteiger partial charge in [-0.2, -0.15) is 0 Å². The molecule has 0 aliphatic heterocycles. The summed E-state index contributed by atoms with van der Waals surface area (Å²) in [4.78, 5) is 13.7. The van der Waals surface area contributed by atoms with Gasteiger partial charge in [-0.05, 0) is 31.2 Å². The molecular formula is C14H12N2O2. The Morgan fingerprint density at radius 2 is 1.78 bits per heavy atom. The van der Waals surface area contributed by atoms with Crippen molar-refractivity contribution >= 4 is 22.5 Å². The second kappa shape index (κ2) is 4.07. The van der Waals surface area contributed by atoms with Crippen LogP contribution >= 0.6 is 0 Å². The molecule has 0 saturated carbocycles. The Morgan fingerprint density at radius 3 is 2.56 bits per heavy atom. The molecule has 3 aromatic rings. The minimum Gasteiger partial charge on any atom is -0.408 e. The summed E-state index contributed by atoms with van der Waals surface area (Å²) in [7, 11) is 0. The van der Waals surface area contributed by atoms with E-state index in [0.29, 0.717) is 11.1 Å². The minimum atomic E-state index is -0.433. The molecular weight excluding hydrogens is 228 g/mol. The van der Waals surface area contributed by atoms with Crippen LogP contribution in [0.1, 0.15) is 5.56 Å². The molecule has 0 aliphatic carbocycles. The van der Waals surface area contributed by atoms with E-state index < -0.39 is 5.76 Å². The zero-order valence-corrected chi connectivity index (χ0v) is 9.86. The first-order chi connectivity index (χ1) is 8.70. The summed E-state index contributed by atoms with van der Waals surface area (Å²) in [5.41, 5.74) is 4.35. The van der Waals surface area contributed by atoms with Crippen molar-refractivity contribution in [1.29, 1.82) is 0 Å². The van der Waals surface area contributed by atoms with Gasteiger partial charge in [-0.25, -0.2) is 4.79 Å². The molecule has 0 spiro atoms. The topological polar surface area (TPSA) is 58.0 Å². The number of rotatable bonds is 2. The van der Waals surface area contributed by atoms with Gasteiger partial charge in [0.2, 0.25) is 0 Å². The third-order valence-electron chi connectivity index (χ3n) is 2.76. The molecule has 0 fully saturated rings. The van der Waals surface area contributed by atoms with E-state index >= 15 is 0 Å². The molecule has 2 N–H and O–H groups in total. The lowest BCUT2D eigenvalue weighted by Gasteiger charge is -2.06. The van der Waals surface area contributed by atoms with Gasteiger partial charge in [-0.15, -0.1) is 0 Å². The van der Waals surface area contributed by atoms with Crippen molar-refractivity contribution in [3.63, 3.8) is 0 Å². The van der Waals surface area contributed by atoms with E-state index in [4.69, 9.17) is 4.42 Å². The second-order valence-corrected chi connectivity index (χ2v) is 4.22. The van der Waals surface area contributed by atoms with Crippen molar-refractivity contribution in [1.82, 2.24) is 4.98 Å². The molecule has 2 aromatic carbocycles. The predicted molar refractivity (Wildman–Crippen MR) is 71.3 cm³/mol. The summed E-state index contributed by atoms with van der Waals surface area (Å²) in [6.45, 7) is 2.05. The van der Waals surface area contributed by atoms with Gasteiger partial charge in [0.1, 0.15) is 0 Å². The van der Waals surface area contributed by atoms with Crippen molar-refractivity contribution in [2.24, 2.45) is 0 Å². The third-order valence-corrected chi connectivity index (χ3v) is 2.76. The maximum absolute atomic E-state index is 11.1. The van der Waals surface area contributed by atoms with E-state index in [2.05, 4.69) is 10.3 Å². The van der Waals surface area contributed by atoms with Gasteiger partial charge < -0.3 is 9.73 Å². The van der Waals surface area contributed by atoms with Crippen LogP contribution in [0.5, 0.6) is 0 Å². The smallest absolute Gasteiger partial charge is 0.408 e. The van der Waals surface area contributed by atoms with E-state index in [9.17, 15) is 4.79 Å². The molecule has 0 amide bonds. The lowest BCUT2D eigenvalue weighted by molar-refractivity contribution is 0.555. The van der Waals surface area contributed by atoms with Gasteiger partial charge in [0, 0.05) is 17.4 Å². The highest BCUT2D eigenvalue weighted by molar-refractivity contribution is 5.78. The molecule has 90 valence electrons. The monoisotopic (exact) mass is 240 g/mol. The number of nitrogens with one attached hydrogen (secondary N) is 2. The van der Waals surface area contributed by atoms with E-state index in [1.807, 2.05) is 43.3 Å². The molecule has 18 heavy (non-hydrogen) atoms. The van der Waals surface area contributed by atoms with E-state index in [1.165, 1.54) is 5.56 Å². The number of benzene rings is 2. The first-order valence-corrected chi connectivity index (χ1v) is 5.67. The highest BCUT2D eigenvalue weighted by Crippen LogP contribution is 2.20. The Hall–Kier alpha value is -2.49. The number of aryl methyl sites for hydroxylation is 1. The van der Waals surface area contributed by atoms with Crippen LogP contribution in [0.15, 0.2) is 51.7 Å². The fraction of sp³-hybridized carbons (Fsp3) is 0.0714. The van der Waals surface area contributed by atoms with E-state index in [-0.39, 0.29) is 0 Å². The summed E-state index contributed by atoms with van der Waals surface area (Å²) in [6, 6.07) is 13.6. The van der Waals surface area contributed by atoms with E-state index in [0.717, 1.165) is 11.4 Å². The van der Waals surface area contributed by atoms with Crippen LogP contribution in [-0.4, -0.2) is 4.98 Å². The largest absolute Gasteiger partial charge is 0.417 e. The van der Waals surface area contributed by atoms with Crippen LogP contribution in [0.2, 0.25) is 0 Å². The number of aromatic nitrogens is 1. The van der Waals surface area contributed by atoms with Crippen LogP contribution in [0.25, 0.3) is 11.1 Å². The standard InChI is InChI=1S/C14H12N2O2/c1-9-2-4-10(5-3-9)15-11-6-7-12-13(8-11)18-14(17)16-12/h2-8,15H,1H3,(H,16,17). The van der Waals surface area contributed by atoms with Gasteiger partial charge in [-0.1, -0.05) is 17.7 Å². The van der Waals surface area contributed by atoms with Crippen LogP contribution in [0.4, 0.5) is 11.4 Å². The van der Waals surface area contributed by atoms with E-state index in [1.54, 1.807) is 6.07 Å². The van der Waals surface area contributed by atoms with Crippen molar-refractivity contribution in [3.8, 4) is 0 Å². The van der Waals surface area contributed by atoms with Crippen molar-refractivity contribution in [3.05, 3.63) is 58.6 Å². The van der Waals surface area contributed by atoms with Crippen molar-refractivity contribution < 1.29 is 4.42 Å². The molecule has 0 saturated heterocycles. The quantitative estimate of drug-likeness (QED) is 0.723. The molecule has 1 heterocycles. The highest BCUT2D eigenvalue weighted by atomic mass is 16.4. The number of anilines is 2. The maximum atomic E-state index is 11.1. The van der Waals surface area contributed by atoms with Gasteiger partial charge in [0.25, 0.3) is 0 Å². The van der Waals surface area contributed by atoms with Crippen LogP contribution in [0.3, 0.4) is 0 Å². The minimum absolute atomic E-state index is 0.433. The lowest BCUT2D eigenvalue weighted by Crippen LogP contribution is -1.92. The number of aromatic amines is 1. The second-order valence-electron chi connectivity index (χ2n) is 4.22. The summed E-state index contributed by atoms with van der Waals surface area (Å²) < 4.78 is 5.01. The Balaban J connectivity index is 1.94. The number of hydrogen-bond donors (Lipinski definition) is 2. The number of hydrogen-bond acceptors (Lipinski definition) is 3. The average Bonchev–Trinajstić information content (AvgIpc) is 2.71. The molecule has 0 radical (unpaired) electrons. The molecule has 3 rings (SSSR count). The van der Waals surface area contributed by atoms with Crippen LogP contribution < -0.4 is 11.1 Å². The normalized spacial score (nSPS) is 10.7. The summed E-state index contributed by atoms with van der Waals surface area (Å²) in [5, 5.41) is 3.26. The molecule has 0 bridgehead atoms. The van der Waals surface area contributed by atoms with Crippen molar-refractivity contribution in [2.45, 2.75) is 6.92 Å². The summed E-state index contributed by atoms with van der Waals surface area (Å²) in [5.74, 6) is -0.433. The van der Waals surface area contributed by atoms with Crippen molar-refractivity contribution in [2.75, 3.05) is 5.32 Å². The molecule has 0 unspecified atom stereocenters. The Bertz CT molecular complexity index is 738. The lowest BCUT2D eigenvalue weighted by atomic mass is 10.2. The Morgan fingerprint density at radius 1 is 1.06 bits per heavy atom. The maximum Gasteiger partial charge on any atom is 0.417 e. The average molecular weight is 240 g/mol. The molecule has 4 heteroatoms. The van der Waals surface area contributed by atoms with Gasteiger partial charge in [0.15, 0.2) is 5.58 Å². The summed E-state index contributed by atoms with van der Waals surface area (Å²) >= 11 is 0. The Labute approximate surface area is 103 Å². The molecule has 0 aliphatic rings. The first kappa shape index (κ1) is 10.7. The fourth-order valence-corrected chi connectivity index (χ4v) is 1.83. The fourth-order valence-electron chi connectivity index (χ4n) is 1.83. The first-order valence-electron chi connectivity index (χ1n) is 5.67. The number of oxazole rings is 1. The zero-order valence-electron chi connectivity index (χ0n) is 9.86. The van der Waals surface area contributed by atoms with Crippen LogP contribution in [-0.2, 0) is 0 Å². The molecule has 0 atom stereocenters.